The average Bonchev–Trinajstić information content (AvgIpc) is 3.22. The zero-order chi connectivity index (χ0) is 19.8. The standard InChI is InChI=1S/C23H29N5/c1-23(2,21-11-5-4-6-12-21)18-26-22(24-3)25-16-19-9-7-10-20(15-19)17-28-14-8-13-27-28/h4-15H,16-18H2,1-3H3,(H2,24,25,26). The quantitative estimate of drug-likeness (QED) is 0.490. The number of guanidine groups is 1. The zero-order valence-corrected chi connectivity index (χ0v) is 16.9. The molecule has 2 aromatic carbocycles. The molecule has 0 saturated carbocycles. The van der Waals surface area contributed by atoms with Crippen LogP contribution >= 0.6 is 0 Å². The Hall–Kier alpha value is -3.08. The Balaban J connectivity index is 1.54. The topological polar surface area (TPSA) is 54.2 Å². The van der Waals surface area contributed by atoms with Crippen molar-refractivity contribution in [2.45, 2.75) is 32.4 Å². The maximum absolute atomic E-state index is 4.36. The fraction of sp³-hybridized carbons (Fsp3) is 0.304. The SMILES string of the molecule is CN=C(NCc1cccc(Cn2cccn2)c1)NCC(C)(C)c1ccccc1. The summed E-state index contributed by atoms with van der Waals surface area (Å²) in [4.78, 5) is 4.36. The number of nitrogens with one attached hydrogen (secondary N) is 2. The third-order valence-electron chi connectivity index (χ3n) is 4.83. The molecule has 146 valence electrons. The van der Waals surface area contributed by atoms with Gasteiger partial charge in [0.25, 0.3) is 0 Å². The summed E-state index contributed by atoms with van der Waals surface area (Å²) in [6.07, 6.45) is 3.78. The molecular formula is C23H29N5. The van der Waals surface area contributed by atoms with Crippen LogP contribution in [-0.4, -0.2) is 29.3 Å². The average molecular weight is 376 g/mol. The monoisotopic (exact) mass is 375 g/mol. The Labute approximate surface area is 167 Å². The summed E-state index contributed by atoms with van der Waals surface area (Å²) in [6.45, 7) is 6.77. The predicted octanol–water partition coefficient (Wildman–Crippen LogP) is 3.57. The first-order valence-electron chi connectivity index (χ1n) is 9.62. The molecule has 5 nitrogen and oxygen atoms in total. The van der Waals surface area contributed by atoms with Crippen LogP contribution in [0.3, 0.4) is 0 Å². The highest BCUT2D eigenvalue weighted by Gasteiger charge is 2.20. The van der Waals surface area contributed by atoms with Gasteiger partial charge in [-0.15, -0.1) is 0 Å². The lowest BCUT2D eigenvalue weighted by Crippen LogP contribution is -2.43. The first-order chi connectivity index (χ1) is 13.6. The Kier molecular flexibility index (Phi) is 6.48. The van der Waals surface area contributed by atoms with Crippen LogP contribution < -0.4 is 10.6 Å². The third-order valence-corrected chi connectivity index (χ3v) is 4.83. The minimum Gasteiger partial charge on any atom is -0.356 e. The van der Waals surface area contributed by atoms with Crippen molar-refractivity contribution < 1.29 is 0 Å². The van der Waals surface area contributed by atoms with Crippen LogP contribution in [-0.2, 0) is 18.5 Å². The largest absolute Gasteiger partial charge is 0.356 e. The van der Waals surface area contributed by atoms with Crippen molar-refractivity contribution in [2.24, 2.45) is 4.99 Å². The van der Waals surface area contributed by atoms with Gasteiger partial charge in [-0.3, -0.25) is 9.67 Å². The molecule has 3 rings (SSSR count). The van der Waals surface area contributed by atoms with Gasteiger partial charge in [-0.25, -0.2) is 0 Å². The molecule has 0 saturated heterocycles. The first kappa shape index (κ1) is 19.7. The highest BCUT2D eigenvalue weighted by molar-refractivity contribution is 5.79. The van der Waals surface area contributed by atoms with Crippen molar-refractivity contribution in [3.8, 4) is 0 Å². The number of nitrogens with zero attached hydrogens (tertiary/aromatic N) is 3. The summed E-state index contributed by atoms with van der Waals surface area (Å²) in [5.41, 5.74) is 3.78. The number of aromatic nitrogens is 2. The van der Waals surface area contributed by atoms with Gasteiger partial charge >= 0.3 is 0 Å². The second kappa shape index (κ2) is 9.22. The van der Waals surface area contributed by atoms with E-state index in [1.165, 1.54) is 16.7 Å². The van der Waals surface area contributed by atoms with Gasteiger partial charge in [0.1, 0.15) is 0 Å². The van der Waals surface area contributed by atoms with Gasteiger partial charge in [-0.2, -0.15) is 5.10 Å². The second-order valence-corrected chi connectivity index (χ2v) is 7.55. The van der Waals surface area contributed by atoms with E-state index in [1.54, 1.807) is 13.2 Å². The number of rotatable bonds is 7. The zero-order valence-electron chi connectivity index (χ0n) is 16.9. The van der Waals surface area contributed by atoms with Crippen LogP contribution in [0.15, 0.2) is 78.0 Å². The van der Waals surface area contributed by atoms with E-state index in [9.17, 15) is 0 Å². The van der Waals surface area contributed by atoms with Crippen LogP contribution in [0.4, 0.5) is 0 Å². The lowest BCUT2D eigenvalue weighted by atomic mass is 9.85. The van der Waals surface area contributed by atoms with E-state index in [1.807, 2.05) is 23.0 Å². The Bertz CT molecular complexity index is 882. The van der Waals surface area contributed by atoms with Crippen LogP contribution in [0.5, 0.6) is 0 Å². The molecule has 0 bridgehead atoms. The van der Waals surface area contributed by atoms with Crippen molar-refractivity contribution in [1.29, 1.82) is 0 Å². The second-order valence-electron chi connectivity index (χ2n) is 7.55. The number of aliphatic imine (C=N–C) groups is 1. The third kappa shape index (κ3) is 5.46. The fourth-order valence-corrected chi connectivity index (χ4v) is 3.12. The molecule has 28 heavy (non-hydrogen) atoms. The lowest BCUT2D eigenvalue weighted by molar-refractivity contribution is 0.508. The van der Waals surface area contributed by atoms with Crippen molar-refractivity contribution in [2.75, 3.05) is 13.6 Å². The molecule has 0 unspecified atom stereocenters. The van der Waals surface area contributed by atoms with Gasteiger partial charge in [0.2, 0.25) is 0 Å². The number of benzene rings is 2. The smallest absolute Gasteiger partial charge is 0.191 e. The molecule has 0 aliphatic carbocycles. The predicted molar refractivity (Wildman–Crippen MR) is 115 cm³/mol. The summed E-state index contributed by atoms with van der Waals surface area (Å²) in [6, 6.07) is 21.0. The lowest BCUT2D eigenvalue weighted by Gasteiger charge is -2.26. The molecule has 0 amide bonds. The van der Waals surface area contributed by atoms with Crippen LogP contribution in [0.2, 0.25) is 0 Å². The van der Waals surface area contributed by atoms with Crippen LogP contribution in [0.25, 0.3) is 0 Å². The normalized spacial score (nSPS) is 12.0. The molecule has 0 aliphatic heterocycles. The molecule has 0 fully saturated rings. The van der Waals surface area contributed by atoms with Gasteiger partial charge in [0.15, 0.2) is 5.96 Å². The molecule has 0 spiro atoms. The van der Waals surface area contributed by atoms with Gasteiger partial charge in [-0.1, -0.05) is 68.4 Å². The van der Waals surface area contributed by atoms with E-state index < -0.39 is 0 Å². The maximum atomic E-state index is 4.36. The van der Waals surface area contributed by atoms with Crippen molar-refractivity contribution in [1.82, 2.24) is 20.4 Å². The molecule has 5 heteroatoms. The molecule has 0 aliphatic rings. The molecule has 3 aromatic rings. The van der Waals surface area contributed by atoms with Crippen LogP contribution in [0.1, 0.15) is 30.5 Å². The molecule has 1 heterocycles. The van der Waals surface area contributed by atoms with Gasteiger partial charge < -0.3 is 10.6 Å². The summed E-state index contributed by atoms with van der Waals surface area (Å²) < 4.78 is 1.93. The summed E-state index contributed by atoms with van der Waals surface area (Å²) in [5, 5.41) is 11.1. The molecule has 2 N–H and O–H groups in total. The first-order valence-corrected chi connectivity index (χ1v) is 9.62. The Morgan fingerprint density at radius 2 is 1.79 bits per heavy atom. The van der Waals surface area contributed by atoms with E-state index in [0.29, 0.717) is 0 Å². The van der Waals surface area contributed by atoms with Crippen LogP contribution in [0, 0.1) is 0 Å². The number of hydrogen-bond acceptors (Lipinski definition) is 2. The summed E-state index contributed by atoms with van der Waals surface area (Å²) in [7, 11) is 1.80. The van der Waals surface area contributed by atoms with Gasteiger partial charge in [0.05, 0.1) is 6.54 Å². The van der Waals surface area contributed by atoms with E-state index in [2.05, 4.69) is 83.1 Å². The van der Waals surface area contributed by atoms with Crippen molar-refractivity contribution in [3.05, 3.63) is 89.7 Å². The fourth-order valence-electron chi connectivity index (χ4n) is 3.12. The molecular weight excluding hydrogens is 346 g/mol. The summed E-state index contributed by atoms with van der Waals surface area (Å²) in [5.74, 6) is 0.807. The summed E-state index contributed by atoms with van der Waals surface area (Å²) >= 11 is 0. The highest BCUT2D eigenvalue weighted by atomic mass is 15.3. The Morgan fingerprint density at radius 3 is 2.50 bits per heavy atom. The minimum absolute atomic E-state index is 0.0164. The molecule has 1 aromatic heterocycles. The van der Waals surface area contributed by atoms with E-state index >= 15 is 0 Å². The van der Waals surface area contributed by atoms with Gasteiger partial charge in [-0.05, 0) is 22.8 Å². The van der Waals surface area contributed by atoms with E-state index in [0.717, 1.165) is 25.6 Å². The maximum Gasteiger partial charge on any atom is 0.191 e. The molecule has 0 radical (unpaired) electrons. The van der Waals surface area contributed by atoms with E-state index in [-0.39, 0.29) is 5.41 Å². The highest BCUT2D eigenvalue weighted by Crippen LogP contribution is 2.21. The van der Waals surface area contributed by atoms with Crippen molar-refractivity contribution >= 4 is 5.96 Å². The van der Waals surface area contributed by atoms with E-state index in [4.69, 9.17) is 0 Å². The minimum atomic E-state index is 0.0164. The number of hydrogen-bond donors (Lipinski definition) is 2. The van der Waals surface area contributed by atoms with Crippen molar-refractivity contribution in [3.63, 3.8) is 0 Å². The Morgan fingerprint density at radius 1 is 1.00 bits per heavy atom. The van der Waals surface area contributed by atoms with Gasteiger partial charge in [0, 0.05) is 37.9 Å². The molecule has 0 atom stereocenters.